The van der Waals surface area contributed by atoms with Gasteiger partial charge in [-0.15, -0.1) is 0 Å². The summed E-state index contributed by atoms with van der Waals surface area (Å²) in [6.45, 7) is 4.57. The molecule has 0 aromatic carbocycles. The van der Waals surface area contributed by atoms with E-state index in [9.17, 15) is 0 Å². The van der Waals surface area contributed by atoms with Crippen LogP contribution in [-0.2, 0) is 0 Å². The maximum atomic E-state index is 2.51. The SMILES string of the molecule is CCCCCCCC/C=[CH]/[Sn+2]/[CH]=C/CCCCCCCC. The molecular weight excluding hydrogens is 359 g/mol. The van der Waals surface area contributed by atoms with E-state index in [4.69, 9.17) is 0 Å². The molecule has 0 aromatic rings. The van der Waals surface area contributed by atoms with Crippen LogP contribution in [0, 0.1) is 0 Å². The Morgan fingerprint density at radius 2 is 0.905 bits per heavy atom. The van der Waals surface area contributed by atoms with E-state index < -0.39 is 0 Å². The Kier molecular flexibility index (Phi) is 20.5. The molecule has 0 fully saturated rings. The predicted octanol–water partition coefficient (Wildman–Crippen LogP) is 7.22. The quantitative estimate of drug-likeness (QED) is 0.191. The van der Waals surface area contributed by atoms with Crippen LogP contribution in [0.3, 0.4) is 0 Å². The second kappa shape index (κ2) is 20.3. The van der Waals surface area contributed by atoms with Gasteiger partial charge in [-0.2, -0.15) is 0 Å². The van der Waals surface area contributed by atoms with E-state index in [2.05, 4.69) is 34.2 Å². The Balaban J connectivity index is 3.14. The molecule has 0 rings (SSSR count). The third-order valence-corrected chi connectivity index (χ3v) is 6.32. The first kappa shape index (κ1) is 21.3. The molecule has 0 spiro atoms. The fourth-order valence-corrected chi connectivity index (χ4v) is 4.49. The molecule has 0 aromatic heterocycles. The van der Waals surface area contributed by atoms with Gasteiger partial charge in [-0.3, -0.25) is 0 Å². The molecule has 0 nitrogen and oxygen atoms in total. The molecule has 0 aliphatic rings. The van der Waals surface area contributed by atoms with Gasteiger partial charge in [-0.1, -0.05) is 0 Å². The summed E-state index contributed by atoms with van der Waals surface area (Å²) in [7, 11) is 0. The average Bonchev–Trinajstić information content (AvgIpc) is 2.50. The van der Waals surface area contributed by atoms with E-state index in [1.807, 2.05) is 0 Å². The zero-order valence-corrected chi connectivity index (χ0v) is 17.6. The van der Waals surface area contributed by atoms with Crippen LogP contribution in [0.5, 0.6) is 0 Å². The third kappa shape index (κ3) is 20.3. The Bertz CT molecular complexity index is 206. The van der Waals surface area contributed by atoms with E-state index >= 15 is 0 Å². The number of hydrogen-bond donors (Lipinski definition) is 0. The topological polar surface area (TPSA) is 0 Å². The first-order chi connectivity index (χ1) is 10.4. The van der Waals surface area contributed by atoms with E-state index in [-0.39, 0.29) is 21.1 Å². The number of hydrogen-bond acceptors (Lipinski definition) is 0. The molecule has 0 aliphatic carbocycles. The van der Waals surface area contributed by atoms with Crippen molar-refractivity contribution >= 4 is 21.1 Å². The minimum atomic E-state index is -0.308. The Labute approximate surface area is 145 Å². The van der Waals surface area contributed by atoms with Gasteiger partial charge in [-0.05, 0) is 0 Å². The fourth-order valence-electron chi connectivity index (χ4n) is 2.44. The summed E-state index contributed by atoms with van der Waals surface area (Å²) in [6, 6.07) is 0. The minimum absolute atomic E-state index is 0.308. The van der Waals surface area contributed by atoms with Crippen LogP contribution in [0.1, 0.15) is 104 Å². The molecule has 0 amide bonds. The number of allylic oxidation sites excluding steroid dienone is 2. The molecule has 0 N–H and O–H groups in total. The van der Waals surface area contributed by atoms with Gasteiger partial charge in [0.2, 0.25) is 0 Å². The molecular formula is C20H38Sn+2. The monoisotopic (exact) mass is 398 g/mol. The standard InChI is InChI=1S/2C10H19.Sn/c2*1-3-5-7-9-10-8-6-4-2;/h2*1,3H,4-10H2,2H3;/q;;+2. The zero-order valence-electron chi connectivity index (χ0n) is 14.7. The van der Waals surface area contributed by atoms with Crippen molar-refractivity contribution in [1.82, 2.24) is 0 Å². The summed E-state index contributed by atoms with van der Waals surface area (Å²) in [6.07, 6.45) is 24.5. The van der Waals surface area contributed by atoms with Crippen molar-refractivity contribution < 1.29 is 0 Å². The molecule has 1 heteroatoms. The molecule has 0 heterocycles. The summed E-state index contributed by atoms with van der Waals surface area (Å²) in [4.78, 5) is 0. The van der Waals surface area contributed by atoms with Crippen LogP contribution >= 0.6 is 0 Å². The van der Waals surface area contributed by atoms with Crippen LogP contribution in [0.15, 0.2) is 20.3 Å². The van der Waals surface area contributed by atoms with Crippen molar-refractivity contribution in [3.63, 3.8) is 0 Å². The summed E-state index contributed by atoms with van der Waals surface area (Å²) >= 11 is -0.308. The van der Waals surface area contributed by atoms with E-state index in [1.165, 1.54) is 89.9 Å². The van der Waals surface area contributed by atoms with Crippen molar-refractivity contribution in [3.05, 3.63) is 20.3 Å². The third-order valence-electron chi connectivity index (χ3n) is 3.88. The fraction of sp³-hybridized carbons (Fsp3) is 0.800. The van der Waals surface area contributed by atoms with Gasteiger partial charge < -0.3 is 0 Å². The van der Waals surface area contributed by atoms with E-state index in [1.54, 1.807) is 0 Å². The normalized spacial score (nSPS) is 11.5. The zero-order chi connectivity index (χ0) is 15.4. The van der Waals surface area contributed by atoms with E-state index in [0.717, 1.165) is 0 Å². The van der Waals surface area contributed by atoms with Gasteiger partial charge >= 0.3 is 145 Å². The summed E-state index contributed by atoms with van der Waals surface area (Å²) in [5.74, 6) is 0. The van der Waals surface area contributed by atoms with Crippen molar-refractivity contribution in [2.45, 2.75) is 104 Å². The van der Waals surface area contributed by atoms with Gasteiger partial charge in [0, 0.05) is 0 Å². The van der Waals surface area contributed by atoms with Gasteiger partial charge in [0.15, 0.2) is 0 Å². The molecule has 0 bridgehead atoms. The Morgan fingerprint density at radius 1 is 0.524 bits per heavy atom. The Morgan fingerprint density at radius 3 is 1.33 bits per heavy atom. The predicted molar refractivity (Wildman–Crippen MR) is 100 cm³/mol. The van der Waals surface area contributed by atoms with Crippen LogP contribution in [-0.4, -0.2) is 21.1 Å². The van der Waals surface area contributed by atoms with Crippen LogP contribution in [0.4, 0.5) is 0 Å². The van der Waals surface area contributed by atoms with Gasteiger partial charge in [0.05, 0.1) is 0 Å². The average molecular weight is 397 g/mol. The maximum absolute atomic E-state index is 2.51. The number of rotatable bonds is 16. The van der Waals surface area contributed by atoms with Gasteiger partial charge in [0.25, 0.3) is 0 Å². The first-order valence-corrected chi connectivity index (χ1v) is 12.8. The molecule has 0 aliphatic heterocycles. The molecule has 120 valence electrons. The Hall–Kier alpha value is 0.279. The second-order valence-electron chi connectivity index (χ2n) is 6.08. The van der Waals surface area contributed by atoms with Crippen LogP contribution in [0.25, 0.3) is 0 Å². The summed E-state index contributed by atoms with van der Waals surface area (Å²) in [5, 5.41) is 0. The van der Waals surface area contributed by atoms with Crippen LogP contribution in [0.2, 0.25) is 0 Å². The summed E-state index contributed by atoms with van der Waals surface area (Å²) in [5.41, 5.74) is 0. The molecule has 21 heavy (non-hydrogen) atoms. The van der Waals surface area contributed by atoms with Crippen molar-refractivity contribution in [1.29, 1.82) is 0 Å². The van der Waals surface area contributed by atoms with E-state index in [0.29, 0.717) is 0 Å². The van der Waals surface area contributed by atoms with Crippen molar-refractivity contribution in [3.8, 4) is 0 Å². The molecule has 0 atom stereocenters. The van der Waals surface area contributed by atoms with Crippen molar-refractivity contribution in [2.75, 3.05) is 0 Å². The van der Waals surface area contributed by atoms with Gasteiger partial charge in [-0.25, -0.2) is 0 Å². The molecule has 0 unspecified atom stereocenters. The molecule has 0 saturated heterocycles. The van der Waals surface area contributed by atoms with Crippen LogP contribution < -0.4 is 0 Å². The second-order valence-corrected chi connectivity index (χ2v) is 8.94. The van der Waals surface area contributed by atoms with Gasteiger partial charge in [0.1, 0.15) is 0 Å². The first-order valence-electron chi connectivity index (χ1n) is 9.47. The van der Waals surface area contributed by atoms with Crippen molar-refractivity contribution in [2.24, 2.45) is 0 Å². The number of unbranched alkanes of at least 4 members (excludes halogenated alkanes) is 12. The molecule has 0 radical (unpaired) electrons. The summed E-state index contributed by atoms with van der Waals surface area (Å²) < 4.78 is 5.01. The molecule has 0 saturated carbocycles.